The van der Waals surface area contributed by atoms with E-state index in [1.807, 2.05) is 42.5 Å². The molecule has 0 N–H and O–H groups in total. The Balaban J connectivity index is 1.83. The lowest BCUT2D eigenvalue weighted by atomic mass is 10.0. The summed E-state index contributed by atoms with van der Waals surface area (Å²) in [5.74, 6) is 0.406. The van der Waals surface area contributed by atoms with Crippen LogP contribution in [0.1, 0.15) is 16.7 Å². The predicted molar refractivity (Wildman–Crippen MR) is 112 cm³/mol. The summed E-state index contributed by atoms with van der Waals surface area (Å²) in [4.78, 5) is 0. The highest BCUT2D eigenvalue weighted by Crippen LogP contribution is 2.36. The van der Waals surface area contributed by atoms with Gasteiger partial charge in [-0.15, -0.1) is 0 Å². The number of nitrogens with zero attached hydrogens (tertiary/aromatic N) is 1. The Labute approximate surface area is 173 Å². The number of halogens is 3. The minimum Gasteiger partial charge on any atom is -0.486 e. The monoisotopic (exact) mass is 413 g/mol. The summed E-state index contributed by atoms with van der Waals surface area (Å²) < 4.78 is 5.77. The molecule has 0 aliphatic heterocycles. The number of ether oxygens (including phenoxy) is 1. The second kappa shape index (κ2) is 8.97. The molecular formula is C22H14Cl3NO. The molecule has 0 saturated carbocycles. The summed E-state index contributed by atoms with van der Waals surface area (Å²) in [6.07, 6.45) is 1.75. The van der Waals surface area contributed by atoms with Gasteiger partial charge in [-0.1, -0.05) is 77.3 Å². The highest BCUT2D eigenvalue weighted by atomic mass is 35.5. The molecule has 2 nitrogen and oxygen atoms in total. The molecule has 3 aromatic rings. The van der Waals surface area contributed by atoms with Crippen molar-refractivity contribution < 1.29 is 4.74 Å². The van der Waals surface area contributed by atoms with Crippen LogP contribution in [-0.2, 0) is 6.61 Å². The Morgan fingerprint density at radius 2 is 1.56 bits per heavy atom. The second-order valence-electron chi connectivity index (χ2n) is 5.76. The standard InChI is InChI=1S/C22H14Cl3NO/c23-19-8-6-15(7-9-19)14-27-22-20(24)11-16(12-21(22)25)10-18(13-26)17-4-2-1-3-5-17/h1-12H,14H2/b18-10+. The molecule has 27 heavy (non-hydrogen) atoms. The van der Waals surface area contributed by atoms with E-state index < -0.39 is 0 Å². The molecule has 0 radical (unpaired) electrons. The van der Waals surface area contributed by atoms with Crippen molar-refractivity contribution in [1.82, 2.24) is 0 Å². The SMILES string of the molecule is N#C/C(=C\c1cc(Cl)c(OCc2ccc(Cl)cc2)c(Cl)c1)c1ccccc1. The minimum absolute atomic E-state index is 0.319. The van der Waals surface area contributed by atoms with Crippen molar-refractivity contribution in [2.75, 3.05) is 0 Å². The molecule has 0 bridgehead atoms. The maximum absolute atomic E-state index is 9.45. The molecule has 0 amide bonds. The lowest BCUT2D eigenvalue weighted by Crippen LogP contribution is -1.97. The smallest absolute Gasteiger partial charge is 0.157 e. The van der Waals surface area contributed by atoms with Crippen LogP contribution in [0.3, 0.4) is 0 Å². The van der Waals surface area contributed by atoms with Crippen LogP contribution in [0, 0.1) is 11.3 Å². The first-order valence-corrected chi connectivity index (χ1v) is 9.23. The van der Waals surface area contributed by atoms with E-state index in [0.29, 0.717) is 33.0 Å². The molecule has 0 aliphatic carbocycles. The van der Waals surface area contributed by atoms with E-state index in [2.05, 4.69) is 6.07 Å². The number of rotatable bonds is 5. The quantitative estimate of drug-likeness (QED) is 0.324. The Morgan fingerprint density at radius 3 is 2.15 bits per heavy atom. The summed E-state index contributed by atoms with van der Waals surface area (Å²) in [7, 11) is 0. The lowest BCUT2D eigenvalue weighted by molar-refractivity contribution is 0.306. The van der Waals surface area contributed by atoms with Crippen LogP contribution in [0.15, 0.2) is 66.7 Å². The van der Waals surface area contributed by atoms with Crippen molar-refractivity contribution in [3.63, 3.8) is 0 Å². The van der Waals surface area contributed by atoms with Gasteiger partial charge in [-0.05, 0) is 47.0 Å². The van der Waals surface area contributed by atoms with E-state index in [4.69, 9.17) is 39.5 Å². The summed E-state index contributed by atoms with van der Waals surface area (Å²) in [5, 5.41) is 10.9. The number of hydrogen-bond donors (Lipinski definition) is 0. The predicted octanol–water partition coefficient (Wildman–Crippen LogP) is 7.29. The van der Waals surface area contributed by atoms with Crippen molar-refractivity contribution in [1.29, 1.82) is 5.26 Å². The zero-order valence-electron chi connectivity index (χ0n) is 14.1. The van der Waals surface area contributed by atoms with E-state index >= 15 is 0 Å². The highest BCUT2D eigenvalue weighted by Gasteiger charge is 2.10. The third kappa shape index (κ3) is 5.05. The molecule has 5 heteroatoms. The third-order valence-corrected chi connectivity index (χ3v) is 4.65. The second-order valence-corrected chi connectivity index (χ2v) is 7.02. The molecule has 0 atom stereocenters. The molecule has 3 rings (SSSR count). The molecule has 0 heterocycles. The third-order valence-electron chi connectivity index (χ3n) is 3.83. The van der Waals surface area contributed by atoms with E-state index in [0.717, 1.165) is 16.7 Å². The largest absolute Gasteiger partial charge is 0.486 e. The Morgan fingerprint density at radius 1 is 0.926 bits per heavy atom. The summed E-state index contributed by atoms with van der Waals surface area (Å²) >= 11 is 18.6. The van der Waals surface area contributed by atoms with Crippen LogP contribution in [-0.4, -0.2) is 0 Å². The highest BCUT2D eigenvalue weighted by molar-refractivity contribution is 6.37. The average Bonchev–Trinajstić information content (AvgIpc) is 2.67. The van der Waals surface area contributed by atoms with Crippen LogP contribution >= 0.6 is 34.8 Å². The van der Waals surface area contributed by atoms with Gasteiger partial charge in [-0.3, -0.25) is 0 Å². The average molecular weight is 415 g/mol. The minimum atomic E-state index is 0.319. The maximum atomic E-state index is 9.45. The van der Waals surface area contributed by atoms with Gasteiger partial charge in [0.2, 0.25) is 0 Å². The molecule has 0 aromatic heterocycles. The fourth-order valence-corrected chi connectivity index (χ4v) is 3.24. The normalized spacial score (nSPS) is 11.1. The van der Waals surface area contributed by atoms with Crippen LogP contribution in [0.4, 0.5) is 0 Å². The van der Waals surface area contributed by atoms with Crippen LogP contribution in [0.2, 0.25) is 15.1 Å². The zero-order chi connectivity index (χ0) is 19.2. The molecule has 0 fully saturated rings. The van der Waals surface area contributed by atoms with Crippen molar-refractivity contribution in [2.45, 2.75) is 6.61 Å². The van der Waals surface area contributed by atoms with Gasteiger partial charge in [0.15, 0.2) is 5.75 Å². The first kappa shape index (κ1) is 19.3. The van der Waals surface area contributed by atoms with Gasteiger partial charge in [0.05, 0.1) is 21.7 Å². The molecule has 134 valence electrons. The lowest BCUT2D eigenvalue weighted by Gasteiger charge is -2.11. The first-order valence-electron chi connectivity index (χ1n) is 8.10. The number of allylic oxidation sites excluding steroid dienone is 1. The summed E-state index contributed by atoms with van der Waals surface area (Å²) in [6, 6.07) is 22.4. The van der Waals surface area contributed by atoms with Crippen molar-refractivity contribution in [2.24, 2.45) is 0 Å². The van der Waals surface area contributed by atoms with Gasteiger partial charge in [0, 0.05) is 5.02 Å². The molecular weight excluding hydrogens is 401 g/mol. The topological polar surface area (TPSA) is 33.0 Å². The van der Waals surface area contributed by atoms with Crippen molar-refractivity contribution in [3.8, 4) is 11.8 Å². The van der Waals surface area contributed by atoms with Gasteiger partial charge >= 0.3 is 0 Å². The molecule has 0 unspecified atom stereocenters. The first-order chi connectivity index (χ1) is 13.1. The van der Waals surface area contributed by atoms with Crippen molar-refractivity contribution in [3.05, 3.63) is 98.5 Å². The fraction of sp³-hybridized carbons (Fsp3) is 0.0455. The number of benzene rings is 3. The Bertz CT molecular complexity index is 983. The van der Waals surface area contributed by atoms with Gasteiger partial charge in [-0.25, -0.2) is 0 Å². The Kier molecular flexibility index (Phi) is 6.42. The van der Waals surface area contributed by atoms with Gasteiger partial charge in [0.1, 0.15) is 6.61 Å². The van der Waals surface area contributed by atoms with Crippen molar-refractivity contribution >= 4 is 46.5 Å². The van der Waals surface area contributed by atoms with Crippen LogP contribution in [0.25, 0.3) is 11.6 Å². The molecule has 3 aromatic carbocycles. The molecule has 0 aliphatic rings. The summed E-state index contributed by atoms with van der Waals surface area (Å²) in [6.45, 7) is 0.319. The van der Waals surface area contributed by atoms with Gasteiger partial charge < -0.3 is 4.74 Å². The van der Waals surface area contributed by atoms with E-state index in [-0.39, 0.29) is 0 Å². The zero-order valence-corrected chi connectivity index (χ0v) is 16.4. The number of nitriles is 1. The molecule has 0 saturated heterocycles. The van der Waals surface area contributed by atoms with E-state index in [9.17, 15) is 5.26 Å². The Hall–Kier alpha value is -2.44. The van der Waals surface area contributed by atoms with Crippen LogP contribution < -0.4 is 4.74 Å². The molecule has 0 spiro atoms. The maximum Gasteiger partial charge on any atom is 0.157 e. The van der Waals surface area contributed by atoms with Gasteiger partial charge in [0.25, 0.3) is 0 Å². The van der Waals surface area contributed by atoms with Crippen LogP contribution in [0.5, 0.6) is 5.75 Å². The van der Waals surface area contributed by atoms with E-state index in [1.54, 1.807) is 30.3 Å². The number of hydrogen-bond acceptors (Lipinski definition) is 2. The fourth-order valence-electron chi connectivity index (χ4n) is 2.50. The van der Waals surface area contributed by atoms with Gasteiger partial charge in [-0.2, -0.15) is 5.26 Å². The van der Waals surface area contributed by atoms with E-state index in [1.165, 1.54) is 0 Å². The summed E-state index contributed by atoms with van der Waals surface area (Å²) in [5.41, 5.74) is 3.03.